The molecule has 2 unspecified atom stereocenters. The molecule has 9 heteroatoms. The average molecular weight is 399 g/mol. The van der Waals surface area contributed by atoms with E-state index in [0.717, 1.165) is 5.56 Å². The minimum absolute atomic E-state index is 0.237. The molecule has 4 atom stereocenters. The monoisotopic (exact) mass is 398 g/mol. The molecule has 1 aromatic carbocycles. The van der Waals surface area contributed by atoms with E-state index in [4.69, 9.17) is 31.1 Å². The second kappa shape index (κ2) is 6.72. The molecule has 8 nitrogen and oxygen atoms in total. The summed E-state index contributed by atoms with van der Waals surface area (Å²) in [6, 6.07) is 11.1. The SMILES string of the molecule is N#Cc1ccc(-c2nc3nc(O[C@@H]4COC5C4OC[C@H]5O)[nH]c3cc2Cl)cc1. The number of aromatic nitrogens is 3. The molecule has 2 aliphatic heterocycles. The van der Waals surface area contributed by atoms with E-state index < -0.39 is 6.10 Å². The predicted octanol–water partition coefficient (Wildman–Crippen LogP) is 2.06. The molecule has 0 bridgehead atoms. The van der Waals surface area contributed by atoms with Crippen LogP contribution in [0.2, 0.25) is 5.02 Å². The van der Waals surface area contributed by atoms with E-state index in [1.54, 1.807) is 30.3 Å². The van der Waals surface area contributed by atoms with Gasteiger partial charge in [0.2, 0.25) is 0 Å². The second-order valence-corrected chi connectivity index (χ2v) is 7.15. The van der Waals surface area contributed by atoms with E-state index in [9.17, 15) is 5.11 Å². The predicted molar refractivity (Wildman–Crippen MR) is 99.0 cm³/mol. The number of fused-ring (bicyclic) bond motifs is 2. The summed E-state index contributed by atoms with van der Waals surface area (Å²) in [5.74, 6) is 0. The highest BCUT2D eigenvalue weighted by molar-refractivity contribution is 6.33. The topological polar surface area (TPSA) is 113 Å². The number of nitrogens with one attached hydrogen (secondary N) is 1. The van der Waals surface area contributed by atoms with Crippen LogP contribution < -0.4 is 4.74 Å². The van der Waals surface area contributed by atoms with E-state index in [1.807, 2.05) is 0 Å². The highest BCUT2D eigenvalue weighted by Crippen LogP contribution is 2.32. The lowest BCUT2D eigenvalue weighted by Crippen LogP contribution is -2.34. The lowest BCUT2D eigenvalue weighted by atomic mass is 10.1. The standard InChI is InChI=1S/C19H15ClN4O4/c20-11-5-12-18(23-15(11)10-3-1-9(6-21)2-4-10)24-19(22-12)28-14-8-27-16-13(25)7-26-17(14)16/h1-5,13-14,16-17,25H,7-8H2,(H,22,23,24)/t13-,14-,16?,17?/m1/s1. The van der Waals surface area contributed by atoms with Crippen molar-refractivity contribution >= 4 is 22.8 Å². The Morgan fingerprint density at radius 3 is 2.75 bits per heavy atom. The third-order valence-corrected chi connectivity index (χ3v) is 5.23. The van der Waals surface area contributed by atoms with Gasteiger partial charge in [-0.3, -0.25) is 0 Å². The van der Waals surface area contributed by atoms with Crippen molar-refractivity contribution in [2.24, 2.45) is 0 Å². The molecule has 2 saturated heterocycles. The van der Waals surface area contributed by atoms with Gasteiger partial charge in [-0.05, 0) is 18.2 Å². The summed E-state index contributed by atoms with van der Waals surface area (Å²) in [6.45, 7) is 0.550. The first-order chi connectivity index (χ1) is 13.6. The molecule has 0 radical (unpaired) electrons. The zero-order valence-electron chi connectivity index (χ0n) is 14.5. The molecule has 2 fully saturated rings. The van der Waals surface area contributed by atoms with Gasteiger partial charge in [0.25, 0.3) is 6.01 Å². The molecular formula is C19H15ClN4O4. The average Bonchev–Trinajstić information content (AvgIpc) is 3.38. The number of hydrogen-bond acceptors (Lipinski definition) is 7. The van der Waals surface area contributed by atoms with Crippen molar-refractivity contribution in [3.63, 3.8) is 0 Å². The Kier molecular flexibility index (Phi) is 4.18. The van der Waals surface area contributed by atoms with E-state index in [1.165, 1.54) is 0 Å². The van der Waals surface area contributed by atoms with Gasteiger partial charge in [0.15, 0.2) is 11.8 Å². The fourth-order valence-corrected chi connectivity index (χ4v) is 3.81. The number of aliphatic hydroxyl groups is 1. The van der Waals surface area contributed by atoms with Crippen LogP contribution >= 0.6 is 11.6 Å². The largest absolute Gasteiger partial charge is 0.456 e. The van der Waals surface area contributed by atoms with Gasteiger partial charge >= 0.3 is 0 Å². The van der Waals surface area contributed by atoms with Crippen LogP contribution in [0.5, 0.6) is 6.01 Å². The summed E-state index contributed by atoms with van der Waals surface area (Å²) in [5.41, 5.74) is 3.02. The summed E-state index contributed by atoms with van der Waals surface area (Å²) in [4.78, 5) is 12.0. The van der Waals surface area contributed by atoms with Gasteiger partial charge < -0.3 is 24.3 Å². The molecule has 5 rings (SSSR count). The van der Waals surface area contributed by atoms with Gasteiger partial charge in [0.1, 0.15) is 18.3 Å². The smallest absolute Gasteiger partial charge is 0.296 e. The lowest BCUT2D eigenvalue weighted by Gasteiger charge is -2.15. The third-order valence-electron chi connectivity index (χ3n) is 4.94. The van der Waals surface area contributed by atoms with Crippen molar-refractivity contribution in [3.8, 4) is 23.3 Å². The van der Waals surface area contributed by atoms with Crippen LogP contribution in [0.15, 0.2) is 30.3 Å². The highest BCUT2D eigenvalue weighted by atomic mass is 35.5. The zero-order chi connectivity index (χ0) is 19.3. The van der Waals surface area contributed by atoms with Crippen LogP contribution in [0.3, 0.4) is 0 Å². The van der Waals surface area contributed by atoms with Gasteiger partial charge in [0, 0.05) is 5.56 Å². The van der Waals surface area contributed by atoms with Crippen molar-refractivity contribution in [2.45, 2.75) is 24.4 Å². The Bertz CT molecular complexity index is 1080. The number of H-pyrrole nitrogens is 1. The number of imidazole rings is 1. The van der Waals surface area contributed by atoms with Crippen LogP contribution in [0.4, 0.5) is 0 Å². The molecule has 2 N–H and O–H groups in total. The first-order valence-electron chi connectivity index (χ1n) is 8.77. The maximum absolute atomic E-state index is 9.83. The highest BCUT2D eigenvalue weighted by Gasteiger charge is 2.48. The van der Waals surface area contributed by atoms with Gasteiger partial charge in [-0.25, -0.2) is 4.98 Å². The summed E-state index contributed by atoms with van der Waals surface area (Å²) in [6.07, 6.45) is -1.69. The number of aliphatic hydroxyl groups excluding tert-OH is 1. The number of nitrogens with zero attached hydrogens (tertiary/aromatic N) is 3. The quantitative estimate of drug-likeness (QED) is 0.694. The first-order valence-corrected chi connectivity index (χ1v) is 9.15. The molecule has 0 spiro atoms. The first kappa shape index (κ1) is 17.4. The number of rotatable bonds is 3. The van der Waals surface area contributed by atoms with E-state index in [0.29, 0.717) is 34.1 Å². The summed E-state index contributed by atoms with van der Waals surface area (Å²) < 4.78 is 17.0. The van der Waals surface area contributed by atoms with Crippen molar-refractivity contribution in [3.05, 3.63) is 40.9 Å². The van der Waals surface area contributed by atoms with E-state index in [-0.39, 0.29) is 30.9 Å². The molecule has 28 heavy (non-hydrogen) atoms. The van der Waals surface area contributed by atoms with Crippen LogP contribution in [-0.4, -0.2) is 57.7 Å². The molecule has 142 valence electrons. The number of hydrogen-bond donors (Lipinski definition) is 2. The Labute approximate surface area is 164 Å². The summed E-state index contributed by atoms with van der Waals surface area (Å²) in [7, 11) is 0. The Morgan fingerprint density at radius 2 is 1.96 bits per heavy atom. The Balaban J connectivity index is 1.42. The minimum Gasteiger partial charge on any atom is -0.456 e. The summed E-state index contributed by atoms with van der Waals surface area (Å²) in [5, 5.41) is 19.2. The molecule has 2 aromatic heterocycles. The lowest BCUT2D eigenvalue weighted by molar-refractivity contribution is 0.00706. The van der Waals surface area contributed by atoms with E-state index in [2.05, 4.69) is 21.0 Å². The van der Waals surface area contributed by atoms with Crippen LogP contribution in [-0.2, 0) is 9.47 Å². The zero-order valence-corrected chi connectivity index (χ0v) is 15.3. The number of ether oxygens (including phenoxy) is 3. The minimum atomic E-state index is -0.635. The number of benzene rings is 1. The van der Waals surface area contributed by atoms with Crippen molar-refractivity contribution in [1.29, 1.82) is 5.26 Å². The fourth-order valence-electron chi connectivity index (χ4n) is 3.54. The van der Waals surface area contributed by atoms with Gasteiger partial charge in [-0.2, -0.15) is 10.2 Å². The van der Waals surface area contributed by atoms with E-state index >= 15 is 0 Å². The number of pyridine rings is 1. The number of aromatic amines is 1. The van der Waals surface area contributed by atoms with Gasteiger partial charge in [0.05, 0.1) is 41.1 Å². The maximum atomic E-state index is 9.83. The van der Waals surface area contributed by atoms with Crippen molar-refractivity contribution < 1.29 is 19.3 Å². The van der Waals surface area contributed by atoms with Crippen LogP contribution in [0, 0.1) is 11.3 Å². The molecule has 4 heterocycles. The van der Waals surface area contributed by atoms with Crippen LogP contribution in [0.1, 0.15) is 5.56 Å². The fraction of sp³-hybridized carbons (Fsp3) is 0.316. The van der Waals surface area contributed by atoms with Crippen molar-refractivity contribution in [2.75, 3.05) is 13.2 Å². The number of nitriles is 1. The molecule has 0 aliphatic carbocycles. The second-order valence-electron chi connectivity index (χ2n) is 6.74. The molecular weight excluding hydrogens is 384 g/mol. The molecule has 0 amide bonds. The Hall–Kier alpha value is -2.70. The maximum Gasteiger partial charge on any atom is 0.296 e. The molecule has 3 aromatic rings. The number of halogens is 1. The normalized spacial score (nSPS) is 26.3. The Morgan fingerprint density at radius 1 is 1.18 bits per heavy atom. The van der Waals surface area contributed by atoms with Crippen molar-refractivity contribution in [1.82, 2.24) is 15.0 Å². The molecule has 2 aliphatic rings. The third kappa shape index (κ3) is 2.89. The summed E-state index contributed by atoms with van der Waals surface area (Å²) >= 11 is 6.40. The molecule has 0 saturated carbocycles. The van der Waals surface area contributed by atoms with Gasteiger partial charge in [-0.1, -0.05) is 23.7 Å². The van der Waals surface area contributed by atoms with Crippen LogP contribution in [0.25, 0.3) is 22.4 Å². The van der Waals surface area contributed by atoms with Gasteiger partial charge in [-0.15, -0.1) is 0 Å².